The number of nitrogen functional groups attached to an aromatic ring is 1. The van der Waals surface area contributed by atoms with Gasteiger partial charge < -0.3 is 5.73 Å². The van der Waals surface area contributed by atoms with Crippen LogP contribution in [0.2, 0.25) is 5.02 Å². The highest BCUT2D eigenvalue weighted by molar-refractivity contribution is 7.98. The first-order valence-corrected chi connectivity index (χ1v) is 8.60. The van der Waals surface area contributed by atoms with E-state index in [1.54, 1.807) is 11.8 Å². The smallest absolute Gasteiger partial charge is 0.223 e. The number of nitrogens with zero attached hydrogens (tertiary/aromatic N) is 3. The van der Waals surface area contributed by atoms with Crippen LogP contribution >= 0.6 is 23.4 Å². The fourth-order valence-electron chi connectivity index (χ4n) is 2.19. The van der Waals surface area contributed by atoms with Crippen LogP contribution in [-0.2, 0) is 12.3 Å². The van der Waals surface area contributed by atoms with Crippen molar-refractivity contribution in [3.63, 3.8) is 0 Å². The van der Waals surface area contributed by atoms with Gasteiger partial charge in [0, 0.05) is 10.8 Å². The van der Waals surface area contributed by atoms with Gasteiger partial charge >= 0.3 is 0 Å². The van der Waals surface area contributed by atoms with E-state index in [9.17, 15) is 0 Å². The van der Waals surface area contributed by atoms with E-state index in [-0.39, 0.29) is 0 Å². The zero-order chi connectivity index (χ0) is 16.2. The van der Waals surface area contributed by atoms with Gasteiger partial charge in [-0.3, -0.25) is 4.57 Å². The molecule has 2 N–H and O–H groups in total. The summed E-state index contributed by atoms with van der Waals surface area (Å²) in [6, 6.07) is 16.2. The maximum Gasteiger partial charge on any atom is 0.223 e. The van der Waals surface area contributed by atoms with Crippen LogP contribution in [-0.4, -0.2) is 14.8 Å². The Balaban J connectivity index is 1.76. The van der Waals surface area contributed by atoms with Crippen molar-refractivity contribution >= 4 is 29.3 Å². The molecule has 0 aliphatic rings. The van der Waals surface area contributed by atoms with Crippen LogP contribution < -0.4 is 5.73 Å². The lowest BCUT2D eigenvalue weighted by molar-refractivity contribution is 0.716. The second kappa shape index (κ2) is 7.06. The maximum absolute atomic E-state index is 6.20. The fraction of sp³-hybridized carbons (Fsp3) is 0.176. The van der Waals surface area contributed by atoms with Crippen LogP contribution in [0.5, 0.6) is 0 Å². The van der Waals surface area contributed by atoms with E-state index >= 15 is 0 Å². The molecule has 118 valence electrons. The van der Waals surface area contributed by atoms with Crippen molar-refractivity contribution in [3.05, 3.63) is 70.2 Å². The van der Waals surface area contributed by atoms with E-state index in [1.165, 1.54) is 11.1 Å². The van der Waals surface area contributed by atoms with E-state index in [0.717, 1.165) is 21.5 Å². The van der Waals surface area contributed by atoms with Gasteiger partial charge in [-0.25, -0.2) is 0 Å². The monoisotopic (exact) mass is 344 g/mol. The summed E-state index contributed by atoms with van der Waals surface area (Å²) < 4.78 is 1.92. The Hall–Kier alpha value is -1.98. The quantitative estimate of drug-likeness (QED) is 0.706. The highest BCUT2D eigenvalue weighted by Crippen LogP contribution is 2.27. The molecule has 0 spiro atoms. The van der Waals surface area contributed by atoms with E-state index in [4.69, 9.17) is 17.3 Å². The lowest BCUT2D eigenvalue weighted by atomic mass is 10.1. The lowest BCUT2D eigenvalue weighted by Gasteiger charge is -2.09. The molecule has 23 heavy (non-hydrogen) atoms. The number of anilines is 1. The topological polar surface area (TPSA) is 56.7 Å². The zero-order valence-electron chi connectivity index (χ0n) is 12.7. The van der Waals surface area contributed by atoms with Crippen molar-refractivity contribution in [1.29, 1.82) is 0 Å². The summed E-state index contributed by atoms with van der Waals surface area (Å²) in [5.74, 6) is 1.15. The largest absolute Gasteiger partial charge is 0.368 e. The normalized spacial score (nSPS) is 10.9. The molecule has 0 saturated carbocycles. The van der Waals surface area contributed by atoms with Crippen molar-refractivity contribution in [2.45, 2.75) is 24.4 Å². The molecule has 0 saturated heterocycles. The molecule has 1 heterocycles. The highest BCUT2D eigenvalue weighted by atomic mass is 35.5. The first-order valence-electron chi connectivity index (χ1n) is 7.24. The Labute approximate surface area is 144 Å². The molecular weight excluding hydrogens is 328 g/mol. The minimum atomic E-state index is 0.423. The average Bonchev–Trinajstić information content (AvgIpc) is 2.89. The number of aromatic nitrogens is 3. The van der Waals surface area contributed by atoms with E-state index in [2.05, 4.69) is 41.4 Å². The molecule has 0 radical (unpaired) electrons. The molecule has 0 aliphatic carbocycles. The SMILES string of the molecule is Cc1ccc(Cn2c(N)nnc2SCc2ccccc2Cl)cc1. The van der Waals surface area contributed by atoms with Gasteiger partial charge in [0.25, 0.3) is 0 Å². The molecule has 1 aromatic heterocycles. The van der Waals surface area contributed by atoms with Gasteiger partial charge in [-0.05, 0) is 24.1 Å². The third-order valence-electron chi connectivity index (χ3n) is 3.52. The molecule has 0 atom stereocenters. The molecular formula is C17H17ClN4S. The van der Waals surface area contributed by atoms with Crippen molar-refractivity contribution in [1.82, 2.24) is 14.8 Å². The summed E-state index contributed by atoms with van der Waals surface area (Å²) >= 11 is 7.78. The number of aryl methyl sites for hydroxylation is 1. The number of rotatable bonds is 5. The zero-order valence-corrected chi connectivity index (χ0v) is 14.3. The van der Waals surface area contributed by atoms with E-state index in [0.29, 0.717) is 12.5 Å². The number of hydrogen-bond donors (Lipinski definition) is 1. The Morgan fingerprint density at radius 1 is 1.09 bits per heavy atom. The van der Waals surface area contributed by atoms with Gasteiger partial charge in [0.05, 0.1) is 6.54 Å². The molecule has 2 aromatic carbocycles. The van der Waals surface area contributed by atoms with Crippen LogP contribution in [0.4, 0.5) is 5.95 Å². The van der Waals surface area contributed by atoms with Crippen molar-refractivity contribution in [2.75, 3.05) is 5.73 Å². The van der Waals surface area contributed by atoms with Crippen LogP contribution in [0.3, 0.4) is 0 Å². The van der Waals surface area contributed by atoms with Gasteiger partial charge in [-0.2, -0.15) is 0 Å². The number of nitrogens with two attached hydrogens (primary N) is 1. The summed E-state index contributed by atoms with van der Waals surface area (Å²) in [5, 5.41) is 9.74. The second-order valence-corrected chi connectivity index (χ2v) is 6.64. The second-order valence-electron chi connectivity index (χ2n) is 5.29. The Morgan fingerprint density at radius 2 is 1.83 bits per heavy atom. The highest BCUT2D eigenvalue weighted by Gasteiger charge is 2.11. The van der Waals surface area contributed by atoms with Gasteiger partial charge in [0.1, 0.15) is 0 Å². The molecule has 0 fully saturated rings. The summed E-state index contributed by atoms with van der Waals surface area (Å²) in [6.45, 7) is 2.73. The van der Waals surface area contributed by atoms with Gasteiger partial charge in [0.15, 0.2) is 5.16 Å². The van der Waals surface area contributed by atoms with Crippen molar-refractivity contribution in [3.8, 4) is 0 Å². The molecule has 0 unspecified atom stereocenters. The molecule has 0 aliphatic heterocycles. The van der Waals surface area contributed by atoms with Crippen LogP contribution in [0.25, 0.3) is 0 Å². The molecule has 4 nitrogen and oxygen atoms in total. The molecule has 6 heteroatoms. The average molecular weight is 345 g/mol. The third-order valence-corrected chi connectivity index (χ3v) is 4.91. The Bertz CT molecular complexity index is 799. The van der Waals surface area contributed by atoms with Crippen LogP contribution in [0, 0.1) is 6.92 Å². The Morgan fingerprint density at radius 3 is 2.57 bits per heavy atom. The Kier molecular flexibility index (Phi) is 4.88. The summed E-state index contributed by atoms with van der Waals surface area (Å²) in [5.41, 5.74) is 9.44. The first-order chi connectivity index (χ1) is 11.1. The lowest BCUT2D eigenvalue weighted by Crippen LogP contribution is -2.06. The predicted octanol–water partition coefficient (Wildman–Crippen LogP) is 4.16. The summed E-state index contributed by atoms with van der Waals surface area (Å²) in [4.78, 5) is 0. The summed E-state index contributed by atoms with van der Waals surface area (Å²) in [7, 11) is 0. The number of hydrogen-bond acceptors (Lipinski definition) is 4. The molecule has 0 bridgehead atoms. The van der Waals surface area contributed by atoms with Crippen LogP contribution in [0.15, 0.2) is 53.7 Å². The maximum atomic E-state index is 6.20. The van der Waals surface area contributed by atoms with Crippen LogP contribution in [0.1, 0.15) is 16.7 Å². The fourth-order valence-corrected chi connectivity index (χ4v) is 3.42. The molecule has 3 rings (SSSR count). The standard InChI is InChI=1S/C17H17ClN4S/c1-12-6-8-13(9-7-12)10-22-16(19)20-21-17(22)23-11-14-4-2-3-5-15(14)18/h2-9H,10-11H2,1H3,(H2,19,20). The van der Waals surface area contributed by atoms with Gasteiger partial charge in [-0.15, -0.1) is 10.2 Å². The third kappa shape index (κ3) is 3.86. The van der Waals surface area contributed by atoms with E-state index < -0.39 is 0 Å². The van der Waals surface area contributed by atoms with Gasteiger partial charge in [0.2, 0.25) is 5.95 Å². The van der Waals surface area contributed by atoms with Crippen molar-refractivity contribution < 1.29 is 0 Å². The minimum Gasteiger partial charge on any atom is -0.368 e. The van der Waals surface area contributed by atoms with Gasteiger partial charge in [-0.1, -0.05) is 71.4 Å². The predicted molar refractivity (Wildman–Crippen MR) is 95.7 cm³/mol. The van der Waals surface area contributed by atoms with E-state index in [1.807, 2.05) is 28.8 Å². The molecule has 3 aromatic rings. The number of thioether (sulfide) groups is 1. The number of benzene rings is 2. The number of halogens is 1. The minimum absolute atomic E-state index is 0.423. The first kappa shape index (κ1) is 15.9. The summed E-state index contributed by atoms with van der Waals surface area (Å²) in [6.07, 6.45) is 0. The van der Waals surface area contributed by atoms with Crippen molar-refractivity contribution in [2.24, 2.45) is 0 Å². The molecule has 0 amide bonds.